The zero-order chi connectivity index (χ0) is 23.4. The summed E-state index contributed by atoms with van der Waals surface area (Å²) in [5.74, 6) is 1.47. The first-order chi connectivity index (χ1) is 15.9. The second kappa shape index (κ2) is 10.1. The Morgan fingerprint density at radius 1 is 1.21 bits per heavy atom. The number of carbonyl (C=O) groups is 1. The molecule has 2 aromatic heterocycles. The first-order valence-electron chi connectivity index (χ1n) is 10.9. The summed E-state index contributed by atoms with van der Waals surface area (Å²) < 4.78 is 39.2. The van der Waals surface area contributed by atoms with Gasteiger partial charge in [-0.1, -0.05) is 6.42 Å². The number of ether oxygens (including phenoxy) is 1. The number of carbonyl (C=O) groups excluding carboxylic acids is 1. The van der Waals surface area contributed by atoms with E-state index in [9.17, 15) is 13.2 Å². The molecule has 1 fully saturated rings. The number of hydrogen-bond donors (Lipinski definition) is 1. The highest BCUT2D eigenvalue weighted by atomic mass is 32.2. The van der Waals surface area contributed by atoms with Gasteiger partial charge in [0.05, 0.1) is 18.7 Å². The summed E-state index contributed by atoms with van der Waals surface area (Å²) in [5, 5.41) is 5.32. The number of benzene rings is 1. The molecule has 33 heavy (non-hydrogen) atoms. The van der Waals surface area contributed by atoms with Crippen molar-refractivity contribution in [2.75, 3.05) is 25.0 Å². The molecule has 1 amide bonds. The monoisotopic (exact) mass is 489 g/mol. The number of hydrogen-bond acceptors (Lipinski definition) is 7. The van der Waals surface area contributed by atoms with E-state index in [1.165, 1.54) is 21.7 Å². The molecule has 3 aromatic rings. The van der Waals surface area contributed by atoms with E-state index in [1.54, 1.807) is 19.1 Å². The van der Waals surface area contributed by atoms with Crippen LogP contribution in [0.25, 0.3) is 10.8 Å². The van der Waals surface area contributed by atoms with Crippen molar-refractivity contribution in [3.63, 3.8) is 0 Å². The first-order valence-corrected chi connectivity index (χ1v) is 13.3. The highest BCUT2D eigenvalue weighted by Crippen LogP contribution is 2.32. The Morgan fingerprint density at radius 3 is 2.70 bits per heavy atom. The van der Waals surface area contributed by atoms with Gasteiger partial charge < -0.3 is 14.5 Å². The molecule has 8 nitrogen and oxygen atoms in total. The molecular weight excluding hydrogens is 462 g/mol. The Balaban J connectivity index is 1.50. The van der Waals surface area contributed by atoms with E-state index in [-0.39, 0.29) is 17.2 Å². The van der Waals surface area contributed by atoms with Gasteiger partial charge in [-0.05, 0) is 57.0 Å². The van der Waals surface area contributed by atoms with Gasteiger partial charge in [-0.3, -0.25) is 4.79 Å². The number of thiazole rings is 1. The number of amides is 1. The zero-order valence-corrected chi connectivity index (χ0v) is 20.3. The topological polar surface area (TPSA) is 102 Å². The minimum absolute atomic E-state index is 0.0671. The quantitative estimate of drug-likeness (QED) is 0.501. The van der Waals surface area contributed by atoms with Crippen LogP contribution >= 0.6 is 11.3 Å². The van der Waals surface area contributed by atoms with Crippen LogP contribution < -0.4 is 10.1 Å². The number of rotatable bonds is 8. The summed E-state index contributed by atoms with van der Waals surface area (Å²) in [7, 11) is -3.72. The van der Waals surface area contributed by atoms with Crippen molar-refractivity contribution in [1.29, 1.82) is 0 Å². The lowest BCUT2D eigenvalue weighted by Gasteiger charge is -2.27. The van der Waals surface area contributed by atoms with Gasteiger partial charge in [0.25, 0.3) is 0 Å². The molecule has 1 aliphatic rings. The maximum Gasteiger partial charge on any atom is 0.246 e. The van der Waals surface area contributed by atoms with Crippen LogP contribution in [0.4, 0.5) is 5.69 Å². The molecule has 1 aromatic carbocycles. The molecular formula is C23H27N3O5S2. The number of nitrogens with one attached hydrogen (secondary N) is 1. The van der Waals surface area contributed by atoms with Crippen molar-refractivity contribution in [2.24, 2.45) is 0 Å². The zero-order valence-electron chi connectivity index (χ0n) is 18.7. The minimum Gasteiger partial charge on any atom is -0.492 e. The fourth-order valence-electron chi connectivity index (χ4n) is 3.73. The third-order valence-electron chi connectivity index (χ3n) is 5.30. The summed E-state index contributed by atoms with van der Waals surface area (Å²) in [6, 6.07) is 8.43. The predicted octanol–water partition coefficient (Wildman–Crippen LogP) is 4.47. The van der Waals surface area contributed by atoms with Crippen LogP contribution in [0.15, 0.2) is 45.0 Å². The van der Waals surface area contributed by atoms with E-state index >= 15 is 0 Å². The summed E-state index contributed by atoms with van der Waals surface area (Å²) >= 11 is 1.41. The predicted molar refractivity (Wildman–Crippen MR) is 127 cm³/mol. The van der Waals surface area contributed by atoms with E-state index in [0.29, 0.717) is 47.6 Å². The molecule has 0 unspecified atom stereocenters. The third-order valence-corrected chi connectivity index (χ3v) is 8.13. The maximum atomic E-state index is 13.3. The normalized spacial score (nSPS) is 14.8. The SMILES string of the molecule is CCOc1ccc(NC(=O)Cc2csc(-c3ccc(C)o3)n2)cc1S(=O)(=O)N1CCCCC1. The average Bonchev–Trinajstić information content (AvgIpc) is 3.44. The molecule has 1 aliphatic heterocycles. The van der Waals surface area contributed by atoms with Crippen LogP contribution in [0.2, 0.25) is 0 Å². The standard InChI is InChI=1S/C23H27N3O5S2/c1-3-30-19-10-8-17(13-21(19)33(28,29)26-11-5-4-6-12-26)24-22(27)14-18-15-32-23(25-18)20-9-7-16(2)31-20/h7-10,13,15H,3-6,11-12,14H2,1-2H3,(H,24,27). The molecule has 0 atom stereocenters. The molecule has 0 saturated carbocycles. The Kier molecular flexibility index (Phi) is 7.16. The van der Waals surface area contributed by atoms with Gasteiger partial charge in [-0.15, -0.1) is 11.3 Å². The highest BCUT2D eigenvalue weighted by Gasteiger charge is 2.29. The molecule has 10 heteroatoms. The van der Waals surface area contributed by atoms with Crippen LogP contribution in [0.1, 0.15) is 37.6 Å². The molecule has 0 spiro atoms. The number of furan rings is 1. The highest BCUT2D eigenvalue weighted by molar-refractivity contribution is 7.89. The number of anilines is 1. The molecule has 3 heterocycles. The van der Waals surface area contributed by atoms with E-state index in [1.807, 2.05) is 24.4 Å². The number of sulfonamides is 1. The summed E-state index contributed by atoms with van der Waals surface area (Å²) in [5.41, 5.74) is 1.02. The summed E-state index contributed by atoms with van der Waals surface area (Å²) in [6.07, 6.45) is 2.77. The van der Waals surface area contributed by atoms with Gasteiger partial charge in [0.1, 0.15) is 16.4 Å². The molecule has 1 N–H and O–H groups in total. The lowest BCUT2D eigenvalue weighted by molar-refractivity contribution is -0.115. The van der Waals surface area contributed by atoms with Crippen molar-refractivity contribution in [1.82, 2.24) is 9.29 Å². The van der Waals surface area contributed by atoms with E-state index in [0.717, 1.165) is 25.0 Å². The van der Waals surface area contributed by atoms with Crippen molar-refractivity contribution in [3.05, 3.63) is 47.2 Å². The molecule has 0 radical (unpaired) electrons. The van der Waals surface area contributed by atoms with Crippen LogP contribution in [0.3, 0.4) is 0 Å². The van der Waals surface area contributed by atoms with Gasteiger partial charge in [-0.2, -0.15) is 4.31 Å². The average molecular weight is 490 g/mol. The minimum atomic E-state index is -3.72. The van der Waals surface area contributed by atoms with Gasteiger partial charge in [0.15, 0.2) is 10.8 Å². The van der Waals surface area contributed by atoms with E-state index < -0.39 is 10.0 Å². The summed E-state index contributed by atoms with van der Waals surface area (Å²) in [6.45, 7) is 4.99. The van der Waals surface area contributed by atoms with Crippen LogP contribution in [0, 0.1) is 6.92 Å². The Bertz CT molecular complexity index is 1230. The van der Waals surface area contributed by atoms with Crippen molar-refractivity contribution in [2.45, 2.75) is 44.4 Å². The van der Waals surface area contributed by atoms with Crippen molar-refractivity contribution >= 4 is 33.0 Å². The number of nitrogens with zero attached hydrogens (tertiary/aromatic N) is 2. The molecule has 176 valence electrons. The lowest BCUT2D eigenvalue weighted by Crippen LogP contribution is -2.35. The Hall–Kier alpha value is -2.69. The Morgan fingerprint density at radius 2 is 2.00 bits per heavy atom. The molecule has 1 saturated heterocycles. The fourth-order valence-corrected chi connectivity index (χ4v) is 6.18. The smallest absolute Gasteiger partial charge is 0.246 e. The van der Waals surface area contributed by atoms with E-state index in [2.05, 4.69) is 10.3 Å². The van der Waals surface area contributed by atoms with Crippen molar-refractivity contribution < 1.29 is 22.4 Å². The summed E-state index contributed by atoms with van der Waals surface area (Å²) in [4.78, 5) is 17.2. The van der Waals surface area contributed by atoms with Crippen LogP contribution in [-0.2, 0) is 21.2 Å². The number of aromatic nitrogens is 1. The second-order valence-corrected chi connectivity index (χ2v) is 10.6. The van der Waals surface area contributed by atoms with Gasteiger partial charge in [-0.25, -0.2) is 13.4 Å². The first kappa shape index (κ1) is 23.5. The molecule has 0 aliphatic carbocycles. The van der Waals surface area contributed by atoms with Crippen molar-refractivity contribution in [3.8, 4) is 16.5 Å². The Labute approximate surface area is 197 Å². The van der Waals surface area contributed by atoms with Gasteiger partial charge in [0, 0.05) is 24.2 Å². The van der Waals surface area contributed by atoms with Gasteiger partial charge in [0.2, 0.25) is 15.9 Å². The largest absolute Gasteiger partial charge is 0.492 e. The fraction of sp³-hybridized carbons (Fsp3) is 0.391. The number of piperidine rings is 1. The number of aryl methyl sites for hydroxylation is 1. The second-order valence-electron chi connectivity index (χ2n) is 7.84. The lowest BCUT2D eigenvalue weighted by atomic mass is 10.2. The van der Waals surface area contributed by atoms with Gasteiger partial charge >= 0.3 is 0 Å². The maximum absolute atomic E-state index is 13.3. The third kappa shape index (κ3) is 5.45. The van der Waals surface area contributed by atoms with Crippen LogP contribution in [0.5, 0.6) is 5.75 Å². The van der Waals surface area contributed by atoms with Crippen LogP contribution in [-0.4, -0.2) is 43.3 Å². The van der Waals surface area contributed by atoms with E-state index in [4.69, 9.17) is 9.15 Å². The molecule has 0 bridgehead atoms. The molecule has 4 rings (SSSR count).